The van der Waals surface area contributed by atoms with Crippen LogP contribution in [0.25, 0.3) is 0 Å². The third kappa shape index (κ3) is 6.38. The van der Waals surface area contributed by atoms with Gasteiger partial charge < -0.3 is 23.8 Å². The number of amides is 1. The van der Waals surface area contributed by atoms with Crippen molar-refractivity contribution in [2.45, 2.75) is 19.3 Å². The first-order chi connectivity index (χ1) is 16.5. The van der Waals surface area contributed by atoms with Crippen molar-refractivity contribution < 1.29 is 32.9 Å². The van der Waals surface area contributed by atoms with Gasteiger partial charge in [-0.05, 0) is 68.8 Å². The van der Waals surface area contributed by atoms with Crippen molar-refractivity contribution in [2.75, 3.05) is 52.9 Å². The van der Waals surface area contributed by atoms with Crippen LogP contribution in [-0.4, -0.2) is 64.3 Å². The van der Waals surface area contributed by atoms with E-state index >= 15 is 0 Å². The molecule has 0 spiro atoms. The number of hydrogen-bond donors (Lipinski definition) is 1. The average Bonchev–Trinajstić information content (AvgIpc) is 2.86. The zero-order valence-corrected chi connectivity index (χ0v) is 19.8. The Kier molecular flexibility index (Phi) is 9.09. The van der Waals surface area contributed by atoms with Gasteiger partial charge in [0, 0.05) is 18.0 Å². The highest BCUT2D eigenvalue weighted by molar-refractivity contribution is 5.97. The molecule has 0 unspecified atom stereocenters. The van der Waals surface area contributed by atoms with Gasteiger partial charge in [-0.2, -0.15) is 0 Å². The third-order valence-corrected chi connectivity index (χ3v) is 5.88. The molecular formula is C25H31FN2O6. The second-order valence-corrected chi connectivity index (χ2v) is 7.98. The largest absolute Gasteiger partial charge is 0.493 e. The second-order valence-electron chi connectivity index (χ2n) is 7.98. The number of ether oxygens (including phenoxy) is 4. The van der Waals surface area contributed by atoms with E-state index in [2.05, 4.69) is 10.2 Å². The van der Waals surface area contributed by atoms with Crippen LogP contribution in [0, 0.1) is 11.7 Å². The first kappa shape index (κ1) is 25.3. The van der Waals surface area contributed by atoms with E-state index in [-0.39, 0.29) is 24.1 Å². The van der Waals surface area contributed by atoms with Crippen LogP contribution in [-0.2, 0) is 4.74 Å². The summed E-state index contributed by atoms with van der Waals surface area (Å²) in [6.45, 7) is 2.62. The van der Waals surface area contributed by atoms with Crippen molar-refractivity contribution in [1.82, 2.24) is 4.90 Å². The number of likely N-dealkylation sites (tertiary alicyclic amines) is 1. The topological polar surface area (TPSA) is 86.3 Å². The highest BCUT2D eigenvalue weighted by Crippen LogP contribution is 2.42. The van der Waals surface area contributed by atoms with Gasteiger partial charge in [0.2, 0.25) is 5.75 Å². The van der Waals surface area contributed by atoms with Crippen LogP contribution in [0.5, 0.6) is 17.2 Å². The fourth-order valence-corrected chi connectivity index (χ4v) is 4.07. The van der Waals surface area contributed by atoms with E-state index in [1.165, 1.54) is 33.5 Å². The van der Waals surface area contributed by atoms with Crippen LogP contribution in [0.15, 0.2) is 36.4 Å². The van der Waals surface area contributed by atoms with Crippen molar-refractivity contribution in [2.24, 2.45) is 5.92 Å². The number of anilines is 1. The van der Waals surface area contributed by atoms with Crippen LogP contribution < -0.4 is 19.5 Å². The number of halogens is 1. The Morgan fingerprint density at radius 3 is 2.26 bits per heavy atom. The van der Waals surface area contributed by atoms with Crippen LogP contribution in [0.1, 0.15) is 29.6 Å². The zero-order valence-electron chi connectivity index (χ0n) is 19.8. The maximum Gasteiger partial charge on any atom is 0.411 e. The number of nitrogens with zero attached hydrogens (tertiary/aromatic N) is 1. The molecule has 9 heteroatoms. The molecule has 8 nitrogen and oxygen atoms in total. The minimum atomic E-state index is -0.589. The quantitative estimate of drug-likeness (QED) is 0.404. The predicted octanol–water partition coefficient (Wildman–Crippen LogP) is 4.39. The Morgan fingerprint density at radius 1 is 0.971 bits per heavy atom. The third-order valence-electron chi connectivity index (χ3n) is 5.88. The molecule has 0 saturated carbocycles. The molecule has 1 fully saturated rings. The molecule has 3 rings (SSSR count). The molecule has 1 aliphatic rings. The molecule has 0 aliphatic carbocycles. The van der Waals surface area contributed by atoms with Gasteiger partial charge in [-0.1, -0.05) is 0 Å². The van der Waals surface area contributed by atoms with Crippen molar-refractivity contribution in [1.29, 1.82) is 0 Å². The van der Waals surface area contributed by atoms with Gasteiger partial charge in [-0.25, -0.2) is 9.18 Å². The number of nitrogens with one attached hydrogen (secondary N) is 1. The second kappa shape index (κ2) is 12.2. The predicted molar refractivity (Wildman–Crippen MR) is 126 cm³/mol. The summed E-state index contributed by atoms with van der Waals surface area (Å²) in [7, 11) is 4.48. The number of piperidine rings is 1. The minimum Gasteiger partial charge on any atom is -0.493 e. The minimum absolute atomic E-state index is 0.0415. The van der Waals surface area contributed by atoms with E-state index in [0.29, 0.717) is 34.9 Å². The lowest BCUT2D eigenvalue weighted by molar-refractivity contribution is 0.0830. The molecule has 2 aromatic rings. The summed E-state index contributed by atoms with van der Waals surface area (Å²) in [6.07, 6.45) is 1.61. The van der Waals surface area contributed by atoms with E-state index in [1.807, 2.05) is 0 Å². The van der Waals surface area contributed by atoms with E-state index in [9.17, 15) is 14.0 Å². The standard InChI is InChI=1S/C25H31FN2O6/c1-31-21-10-9-20(23(32-2)24(21)33-3)27-25(30)34-16-4-13-28-14-11-18(12-15-28)22(29)17-5-7-19(26)8-6-17/h5-10,18H,4,11-16H2,1-3H3,(H,27,30). The summed E-state index contributed by atoms with van der Waals surface area (Å²) in [5.41, 5.74) is 0.975. The number of ketones is 1. The fourth-order valence-electron chi connectivity index (χ4n) is 4.07. The van der Waals surface area contributed by atoms with Gasteiger partial charge in [-0.3, -0.25) is 10.1 Å². The monoisotopic (exact) mass is 474 g/mol. The summed E-state index contributed by atoms with van der Waals surface area (Å²) >= 11 is 0. The number of Topliss-reactive ketones (excluding diaryl/α,β-unsaturated/α-hetero) is 1. The number of carbonyl (C=O) groups excluding carboxylic acids is 2. The van der Waals surface area contributed by atoms with Crippen molar-refractivity contribution in [3.63, 3.8) is 0 Å². The summed E-state index contributed by atoms with van der Waals surface area (Å²) < 4.78 is 34.3. The number of methoxy groups -OCH3 is 3. The van der Waals surface area contributed by atoms with Crippen LogP contribution >= 0.6 is 0 Å². The van der Waals surface area contributed by atoms with Gasteiger partial charge in [0.25, 0.3) is 0 Å². The highest BCUT2D eigenvalue weighted by Gasteiger charge is 2.25. The van der Waals surface area contributed by atoms with E-state index in [0.717, 1.165) is 32.5 Å². The first-order valence-corrected chi connectivity index (χ1v) is 11.2. The molecular weight excluding hydrogens is 443 g/mol. The average molecular weight is 475 g/mol. The SMILES string of the molecule is COc1ccc(NC(=O)OCCCN2CCC(C(=O)c3ccc(F)cc3)CC2)c(OC)c1OC. The Balaban J connectivity index is 1.39. The maximum absolute atomic E-state index is 13.1. The normalized spacial score (nSPS) is 14.4. The van der Waals surface area contributed by atoms with Gasteiger partial charge in [-0.15, -0.1) is 0 Å². The Hall–Kier alpha value is -3.33. The number of hydrogen-bond acceptors (Lipinski definition) is 7. The van der Waals surface area contributed by atoms with E-state index < -0.39 is 6.09 Å². The molecule has 0 aromatic heterocycles. The van der Waals surface area contributed by atoms with Gasteiger partial charge in [0.1, 0.15) is 5.82 Å². The van der Waals surface area contributed by atoms with Crippen molar-refractivity contribution in [3.05, 3.63) is 47.8 Å². The van der Waals surface area contributed by atoms with Crippen LogP contribution in [0.2, 0.25) is 0 Å². The molecule has 1 amide bonds. The molecule has 0 atom stereocenters. The Bertz CT molecular complexity index is 974. The summed E-state index contributed by atoms with van der Waals surface area (Å²) in [4.78, 5) is 27.1. The summed E-state index contributed by atoms with van der Waals surface area (Å²) in [5.74, 6) is 0.901. The molecule has 2 aromatic carbocycles. The summed E-state index contributed by atoms with van der Waals surface area (Å²) in [6, 6.07) is 9.05. The molecule has 184 valence electrons. The lowest BCUT2D eigenvalue weighted by atomic mass is 9.89. The van der Waals surface area contributed by atoms with E-state index in [4.69, 9.17) is 18.9 Å². The zero-order chi connectivity index (χ0) is 24.5. The molecule has 0 bridgehead atoms. The summed E-state index contributed by atoms with van der Waals surface area (Å²) in [5, 5.41) is 2.67. The molecule has 1 N–H and O–H groups in total. The molecule has 34 heavy (non-hydrogen) atoms. The van der Waals surface area contributed by atoms with Gasteiger partial charge in [0.15, 0.2) is 17.3 Å². The van der Waals surface area contributed by atoms with Crippen molar-refractivity contribution in [3.8, 4) is 17.2 Å². The molecule has 0 radical (unpaired) electrons. The fraction of sp³-hybridized carbons (Fsp3) is 0.440. The van der Waals surface area contributed by atoms with Gasteiger partial charge >= 0.3 is 6.09 Å². The molecule has 1 aliphatic heterocycles. The number of benzene rings is 2. The Labute approximate surface area is 198 Å². The first-order valence-electron chi connectivity index (χ1n) is 11.2. The highest BCUT2D eigenvalue weighted by atomic mass is 19.1. The Morgan fingerprint density at radius 2 is 1.65 bits per heavy atom. The smallest absolute Gasteiger partial charge is 0.411 e. The lowest BCUT2D eigenvalue weighted by Crippen LogP contribution is -2.37. The maximum atomic E-state index is 13.1. The van der Waals surface area contributed by atoms with Crippen molar-refractivity contribution >= 4 is 17.6 Å². The lowest BCUT2D eigenvalue weighted by Gasteiger charge is -2.31. The number of carbonyl (C=O) groups is 2. The molecule has 1 saturated heterocycles. The van der Waals surface area contributed by atoms with Crippen LogP contribution in [0.3, 0.4) is 0 Å². The number of rotatable bonds is 10. The van der Waals surface area contributed by atoms with Crippen LogP contribution in [0.4, 0.5) is 14.9 Å². The molecule has 1 heterocycles. The van der Waals surface area contributed by atoms with E-state index in [1.54, 1.807) is 24.3 Å². The van der Waals surface area contributed by atoms with Gasteiger partial charge in [0.05, 0.1) is 33.6 Å².